The van der Waals surface area contributed by atoms with Gasteiger partial charge in [-0.25, -0.2) is 9.48 Å². The van der Waals surface area contributed by atoms with Crippen LogP contribution in [-0.2, 0) is 16.0 Å². The second kappa shape index (κ2) is 11.0. The molecule has 0 bridgehead atoms. The van der Waals surface area contributed by atoms with E-state index in [0.717, 1.165) is 22.5 Å². The van der Waals surface area contributed by atoms with Crippen LogP contribution in [0.4, 0.5) is 0 Å². The van der Waals surface area contributed by atoms with E-state index < -0.39 is 18.1 Å². The summed E-state index contributed by atoms with van der Waals surface area (Å²) in [6.07, 6.45) is -0.977. The highest BCUT2D eigenvalue weighted by atomic mass is 16.5. The minimum Gasteiger partial charge on any atom is -0.496 e. The summed E-state index contributed by atoms with van der Waals surface area (Å²) in [7, 11) is 1.56. The number of para-hydroxylation sites is 1. The molecule has 0 aliphatic heterocycles. The second-order valence-corrected chi connectivity index (χ2v) is 8.41. The van der Waals surface area contributed by atoms with Crippen molar-refractivity contribution in [2.45, 2.75) is 52.4 Å². The quantitative estimate of drug-likeness (QED) is 0.467. The van der Waals surface area contributed by atoms with Crippen LogP contribution in [0.2, 0.25) is 0 Å². The summed E-state index contributed by atoms with van der Waals surface area (Å²) in [5.41, 5.74) is 3.45. The van der Waals surface area contributed by atoms with Gasteiger partial charge < -0.3 is 19.9 Å². The van der Waals surface area contributed by atoms with Crippen LogP contribution in [0.25, 0.3) is 5.69 Å². The van der Waals surface area contributed by atoms with Gasteiger partial charge in [-0.05, 0) is 63.6 Å². The number of aromatic nitrogens is 2. The van der Waals surface area contributed by atoms with E-state index in [9.17, 15) is 14.7 Å². The van der Waals surface area contributed by atoms with Crippen molar-refractivity contribution < 1.29 is 24.2 Å². The lowest BCUT2D eigenvalue weighted by molar-refractivity contribution is -0.153. The highest BCUT2D eigenvalue weighted by Gasteiger charge is 2.23. The molecule has 0 fully saturated rings. The predicted molar refractivity (Wildman–Crippen MR) is 129 cm³/mol. The molecule has 0 spiro atoms. The first kappa shape index (κ1) is 25.0. The van der Waals surface area contributed by atoms with E-state index in [1.165, 1.54) is 0 Å². The van der Waals surface area contributed by atoms with Gasteiger partial charge in [-0.1, -0.05) is 24.3 Å². The molecule has 0 aliphatic carbocycles. The standard InChI is InChI=1S/C26H31N3O5/c1-16(2)34-24(26(31)32)15-19-11-12-23(33-5)21(14-19)18(4)27-25(30)22-13-17(3)28-29(22)20-9-7-6-8-10-20/h6-14,16,18,24H,15H2,1-5H3,(H,27,30)(H,31,32). The third kappa shape index (κ3) is 6.02. The molecule has 2 atom stereocenters. The first-order valence-electron chi connectivity index (χ1n) is 11.2. The van der Waals surface area contributed by atoms with E-state index in [1.807, 2.05) is 56.3 Å². The number of carbonyl (C=O) groups excluding carboxylic acids is 1. The molecule has 1 amide bonds. The summed E-state index contributed by atoms with van der Waals surface area (Å²) < 4.78 is 12.7. The van der Waals surface area contributed by atoms with Crippen LogP contribution in [0.1, 0.15) is 54.1 Å². The molecule has 0 aliphatic rings. The van der Waals surface area contributed by atoms with Crippen LogP contribution in [-0.4, -0.2) is 46.1 Å². The Morgan fingerprint density at radius 3 is 2.41 bits per heavy atom. The van der Waals surface area contributed by atoms with Gasteiger partial charge in [0.1, 0.15) is 11.4 Å². The molecule has 0 radical (unpaired) electrons. The maximum atomic E-state index is 13.2. The molecule has 8 heteroatoms. The summed E-state index contributed by atoms with van der Waals surface area (Å²) in [5.74, 6) is -0.700. The van der Waals surface area contributed by atoms with Crippen molar-refractivity contribution in [2.24, 2.45) is 0 Å². The van der Waals surface area contributed by atoms with Crippen LogP contribution < -0.4 is 10.1 Å². The molecule has 1 aromatic heterocycles. The van der Waals surface area contributed by atoms with Gasteiger partial charge in [-0.15, -0.1) is 0 Å². The Bertz CT molecular complexity index is 1140. The van der Waals surface area contributed by atoms with Gasteiger partial charge in [-0.3, -0.25) is 4.79 Å². The average molecular weight is 466 g/mol. The molecule has 2 aromatic carbocycles. The van der Waals surface area contributed by atoms with Gasteiger partial charge in [0.2, 0.25) is 0 Å². The lowest BCUT2D eigenvalue weighted by atomic mass is 10.00. The molecule has 3 rings (SSSR count). The Kier molecular flexibility index (Phi) is 8.07. The van der Waals surface area contributed by atoms with E-state index in [1.54, 1.807) is 37.8 Å². The molecule has 0 saturated carbocycles. The topological polar surface area (TPSA) is 103 Å². The monoisotopic (exact) mass is 465 g/mol. The number of aryl methyl sites for hydroxylation is 1. The number of methoxy groups -OCH3 is 1. The van der Waals surface area contributed by atoms with Crippen molar-refractivity contribution >= 4 is 11.9 Å². The molecule has 34 heavy (non-hydrogen) atoms. The molecular formula is C26H31N3O5. The van der Waals surface area contributed by atoms with Crippen LogP contribution in [0, 0.1) is 6.92 Å². The smallest absolute Gasteiger partial charge is 0.333 e. The molecule has 0 saturated heterocycles. The summed E-state index contributed by atoms with van der Waals surface area (Å²) in [6.45, 7) is 7.29. The van der Waals surface area contributed by atoms with Crippen molar-refractivity contribution in [3.63, 3.8) is 0 Å². The second-order valence-electron chi connectivity index (χ2n) is 8.41. The molecule has 2 N–H and O–H groups in total. The zero-order valence-electron chi connectivity index (χ0n) is 20.1. The van der Waals surface area contributed by atoms with Crippen molar-refractivity contribution in [3.8, 4) is 11.4 Å². The first-order valence-corrected chi connectivity index (χ1v) is 11.2. The minimum atomic E-state index is -1.02. The molecule has 3 aromatic rings. The maximum Gasteiger partial charge on any atom is 0.333 e. The number of carboxylic acid groups (broad SMARTS) is 1. The van der Waals surface area contributed by atoms with E-state index in [0.29, 0.717) is 11.4 Å². The summed E-state index contributed by atoms with van der Waals surface area (Å²) in [4.78, 5) is 24.8. The molecule has 1 heterocycles. The normalized spacial score (nSPS) is 12.9. The molecule has 8 nitrogen and oxygen atoms in total. The number of benzene rings is 2. The Morgan fingerprint density at radius 1 is 1.09 bits per heavy atom. The summed E-state index contributed by atoms with van der Waals surface area (Å²) in [5, 5.41) is 17.0. The number of carboxylic acids is 1. The van der Waals surface area contributed by atoms with Gasteiger partial charge in [0.05, 0.1) is 30.6 Å². The number of hydrogen-bond donors (Lipinski definition) is 2. The minimum absolute atomic E-state index is 0.200. The number of nitrogens with one attached hydrogen (secondary N) is 1. The van der Waals surface area contributed by atoms with Gasteiger partial charge in [0, 0.05) is 12.0 Å². The first-order chi connectivity index (χ1) is 16.2. The third-order valence-corrected chi connectivity index (χ3v) is 5.31. The third-order valence-electron chi connectivity index (χ3n) is 5.31. The number of nitrogens with zero attached hydrogens (tertiary/aromatic N) is 2. The molecular weight excluding hydrogens is 434 g/mol. The van der Waals surface area contributed by atoms with E-state index in [4.69, 9.17) is 9.47 Å². The van der Waals surface area contributed by atoms with Crippen LogP contribution >= 0.6 is 0 Å². The zero-order chi connectivity index (χ0) is 24.8. The summed E-state index contributed by atoms with van der Waals surface area (Å²) >= 11 is 0. The Hall–Kier alpha value is -3.65. The Labute approximate surface area is 199 Å². The van der Waals surface area contributed by atoms with E-state index >= 15 is 0 Å². The largest absolute Gasteiger partial charge is 0.496 e. The van der Waals surface area contributed by atoms with Crippen molar-refractivity contribution in [3.05, 3.63) is 77.1 Å². The van der Waals surface area contributed by atoms with Crippen molar-refractivity contribution in [1.29, 1.82) is 0 Å². The number of rotatable bonds is 10. The Morgan fingerprint density at radius 2 is 1.79 bits per heavy atom. The maximum absolute atomic E-state index is 13.2. The Balaban J connectivity index is 1.84. The number of aliphatic carboxylic acids is 1. The van der Waals surface area contributed by atoms with Crippen LogP contribution in [0.5, 0.6) is 5.75 Å². The van der Waals surface area contributed by atoms with E-state index in [-0.39, 0.29) is 18.4 Å². The predicted octanol–water partition coefficient (Wildman–Crippen LogP) is 4.10. The number of hydrogen-bond acceptors (Lipinski definition) is 5. The van der Waals surface area contributed by atoms with Gasteiger partial charge >= 0.3 is 5.97 Å². The highest BCUT2D eigenvalue weighted by Crippen LogP contribution is 2.28. The lowest BCUT2D eigenvalue weighted by Gasteiger charge is -2.20. The van der Waals surface area contributed by atoms with Crippen LogP contribution in [0.3, 0.4) is 0 Å². The molecule has 180 valence electrons. The zero-order valence-corrected chi connectivity index (χ0v) is 20.1. The van der Waals surface area contributed by atoms with Gasteiger partial charge in [0.25, 0.3) is 5.91 Å². The fourth-order valence-corrected chi connectivity index (χ4v) is 3.76. The number of ether oxygens (including phenoxy) is 2. The number of carbonyl (C=O) groups is 2. The lowest BCUT2D eigenvalue weighted by Crippen LogP contribution is -2.30. The highest BCUT2D eigenvalue weighted by molar-refractivity contribution is 5.93. The SMILES string of the molecule is COc1ccc(CC(OC(C)C)C(=O)O)cc1C(C)NC(=O)c1cc(C)nn1-c1ccccc1. The average Bonchev–Trinajstić information content (AvgIpc) is 3.20. The van der Waals surface area contributed by atoms with Crippen LogP contribution in [0.15, 0.2) is 54.6 Å². The van der Waals surface area contributed by atoms with Gasteiger partial charge in [-0.2, -0.15) is 5.10 Å². The van der Waals surface area contributed by atoms with E-state index in [2.05, 4.69) is 10.4 Å². The summed E-state index contributed by atoms with van der Waals surface area (Å²) in [6, 6.07) is 16.2. The fraction of sp³-hybridized carbons (Fsp3) is 0.346. The van der Waals surface area contributed by atoms with Crippen molar-refractivity contribution in [2.75, 3.05) is 7.11 Å². The van der Waals surface area contributed by atoms with Crippen molar-refractivity contribution in [1.82, 2.24) is 15.1 Å². The fourth-order valence-electron chi connectivity index (χ4n) is 3.76. The molecule has 2 unspecified atom stereocenters. The number of amides is 1. The van der Waals surface area contributed by atoms with Gasteiger partial charge in [0.15, 0.2) is 6.10 Å².